The molecule has 1 N–H and O–H groups in total. The average Bonchev–Trinajstić information content (AvgIpc) is 3.98. The number of nitrogens with zero attached hydrogens (tertiary/aromatic N) is 3. The minimum absolute atomic E-state index is 0.00302. The van der Waals surface area contributed by atoms with Crippen molar-refractivity contribution in [2.45, 2.75) is 165 Å². The number of nitrogens with one attached hydrogen (secondary N) is 1. The van der Waals surface area contributed by atoms with Gasteiger partial charge in [0.05, 0.1) is 36.5 Å². The zero-order valence-electron chi connectivity index (χ0n) is 37.5. The van der Waals surface area contributed by atoms with Crippen molar-refractivity contribution < 1.29 is 47.5 Å². The molecular weight excluding hydrogens is 781 g/mol. The first-order valence-electron chi connectivity index (χ1n) is 22.8. The molecule has 3 aliphatic carbocycles. The first kappa shape index (κ1) is 44.5. The molecule has 0 aromatic carbocycles. The summed E-state index contributed by atoms with van der Waals surface area (Å²) in [5.74, 6) is -0.603. The van der Waals surface area contributed by atoms with Crippen LogP contribution in [-0.4, -0.2) is 134 Å². The second-order valence-corrected chi connectivity index (χ2v) is 18.6. The van der Waals surface area contributed by atoms with Gasteiger partial charge in [-0.1, -0.05) is 26.0 Å². The Kier molecular flexibility index (Phi) is 13.8. The maximum Gasteiger partial charge on any atom is 0.306 e. The van der Waals surface area contributed by atoms with Gasteiger partial charge in [0.1, 0.15) is 30.1 Å². The quantitative estimate of drug-likeness (QED) is 0.265. The second kappa shape index (κ2) is 18.9. The van der Waals surface area contributed by atoms with Crippen LogP contribution in [-0.2, 0) is 47.5 Å². The van der Waals surface area contributed by atoms with Crippen molar-refractivity contribution in [3.8, 4) is 11.5 Å². The number of aromatic nitrogens is 3. The Hall–Kier alpha value is -3.08. The fourth-order valence-corrected chi connectivity index (χ4v) is 11.8. The van der Waals surface area contributed by atoms with Gasteiger partial charge in [-0.2, -0.15) is 0 Å². The number of H-pyrrole nitrogens is 1. The molecule has 17 atom stereocenters. The molecule has 0 spiro atoms. The number of pyridine rings is 1. The number of aromatic amines is 1. The topological polar surface area (TPSA) is 153 Å². The Bertz CT molecular complexity index is 1860. The molecule has 0 radical (unpaired) electrons. The number of imidazole rings is 1. The summed E-state index contributed by atoms with van der Waals surface area (Å²) < 4.78 is 50.4. The van der Waals surface area contributed by atoms with E-state index in [1.165, 1.54) is 0 Å². The Labute approximate surface area is 361 Å². The highest BCUT2D eigenvalue weighted by Crippen LogP contribution is 2.61. The fraction of sp³-hybridized carbons (Fsp3) is 0.745. The highest BCUT2D eigenvalue weighted by Gasteiger charge is 2.57. The zero-order valence-corrected chi connectivity index (χ0v) is 37.5. The lowest BCUT2D eigenvalue weighted by molar-refractivity contribution is -0.314. The molecule has 1 saturated carbocycles. The number of likely N-dealkylation sites (N-methyl/N-ethyl adjacent to an activating group) is 1. The maximum atomic E-state index is 15.2. The zero-order chi connectivity index (χ0) is 43.1. The first-order valence-corrected chi connectivity index (χ1v) is 22.8. The van der Waals surface area contributed by atoms with Crippen molar-refractivity contribution in [3.05, 3.63) is 47.4 Å². The summed E-state index contributed by atoms with van der Waals surface area (Å²) in [4.78, 5) is 45.1. The molecule has 6 aliphatic rings. The summed E-state index contributed by atoms with van der Waals surface area (Å²) in [6.07, 6.45) is 6.74. The number of carbonyl (C=O) groups excluding carboxylic acids is 2. The molecule has 3 saturated heterocycles. The normalized spacial score (nSPS) is 40.6. The predicted molar refractivity (Wildman–Crippen MR) is 225 cm³/mol. The number of allylic oxidation sites excluding steroid dienone is 2. The Morgan fingerprint density at radius 2 is 1.67 bits per heavy atom. The number of methoxy groups -OCH3 is 3. The predicted octanol–water partition coefficient (Wildman–Crippen LogP) is 6.35. The number of fused-ring (bicyclic) bond motifs is 8. The lowest BCUT2D eigenvalue weighted by atomic mass is 9.67. The molecule has 6 unspecified atom stereocenters. The third-order valence-electron chi connectivity index (χ3n) is 14.9. The third-order valence-corrected chi connectivity index (χ3v) is 14.9. The number of rotatable bonds is 10. The minimum Gasteiger partial charge on any atom is -0.462 e. The van der Waals surface area contributed by atoms with E-state index in [9.17, 15) is 4.79 Å². The molecular formula is C47H68N4O10. The number of ketones is 1. The summed E-state index contributed by atoms with van der Waals surface area (Å²) in [6, 6.07) is 6.10. The van der Waals surface area contributed by atoms with Crippen LogP contribution in [0.2, 0.25) is 0 Å². The fourth-order valence-electron chi connectivity index (χ4n) is 11.8. The second-order valence-electron chi connectivity index (χ2n) is 18.6. The number of carbonyl (C=O) groups is 2. The summed E-state index contributed by atoms with van der Waals surface area (Å²) in [6.45, 7) is 8.14. The molecule has 61 heavy (non-hydrogen) atoms. The van der Waals surface area contributed by atoms with Crippen LogP contribution in [0.15, 0.2) is 36.0 Å². The monoisotopic (exact) mass is 848 g/mol. The molecule has 2 aromatic heterocycles. The number of cyclic esters (lactones) is 1. The third kappa shape index (κ3) is 8.77. The van der Waals surface area contributed by atoms with E-state index < -0.39 is 30.5 Å². The molecule has 0 bridgehead atoms. The van der Waals surface area contributed by atoms with Gasteiger partial charge in [-0.05, 0) is 109 Å². The molecule has 336 valence electrons. The van der Waals surface area contributed by atoms with E-state index >= 15 is 4.79 Å². The van der Waals surface area contributed by atoms with Crippen LogP contribution in [0, 0.1) is 23.7 Å². The van der Waals surface area contributed by atoms with Crippen molar-refractivity contribution in [1.82, 2.24) is 19.9 Å². The minimum atomic E-state index is -0.676. The van der Waals surface area contributed by atoms with Crippen LogP contribution in [0.5, 0.6) is 0 Å². The summed E-state index contributed by atoms with van der Waals surface area (Å²) in [5, 5.41) is 0. The van der Waals surface area contributed by atoms with Crippen LogP contribution in [0.1, 0.15) is 109 Å². The lowest BCUT2D eigenvalue weighted by Gasteiger charge is -2.44. The van der Waals surface area contributed by atoms with Gasteiger partial charge >= 0.3 is 5.97 Å². The van der Waals surface area contributed by atoms with E-state index in [0.29, 0.717) is 43.1 Å². The Morgan fingerprint density at radius 1 is 0.885 bits per heavy atom. The van der Waals surface area contributed by atoms with Crippen LogP contribution in [0.3, 0.4) is 0 Å². The standard InChI is InChI=1S/C47H68N4O10/c1-10-27-14-13-16-36(61-38-18-17-35(51(5)6)25(3)57-38)24(2)42(53)33-22-30-29-20-28(60-47-45(56-9)44(55-8)43(54-7)26(4)58-47)21-32(29)40-41(39(30)31(33)23-37(52)59-27)50-46(49-40)34-15-11-12-19-48-34/h11-12,15,19,22,24-32,35-36,38-39,43-45,47H,10,13-14,16-18,20-21,23H2,1-9H3,(H,49,50)/t24-,25?,26?,27+,28+,29+,30+,31-,32-,35+,36+,38+,39-,43?,44?,45?,47?/m1/s1. The molecule has 14 heteroatoms. The molecule has 3 aliphatic heterocycles. The highest BCUT2D eigenvalue weighted by atomic mass is 16.7. The summed E-state index contributed by atoms with van der Waals surface area (Å²) >= 11 is 0. The van der Waals surface area contributed by atoms with E-state index in [2.05, 4.69) is 48.9 Å². The molecule has 8 rings (SSSR count). The SMILES string of the molecule is CC[C@H]1CCC[C@H](O[C@H]2CC[C@H](N(C)C)C(C)O2)[C@@H](C)C(=O)C2=C[C@H]3[C@@H]4C[C@H](OC5OC(C)C(OC)C(OC)C5OC)C[C@H]4c4[nH]c(-c5ccccn5)nc4[C@H]3[C@@H]2CC(=O)O1. The van der Waals surface area contributed by atoms with E-state index in [1.54, 1.807) is 27.5 Å². The van der Waals surface area contributed by atoms with Crippen LogP contribution in [0.25, 0.3) is 11.5 Å². The number of esters is 1. The van der Waals surface area contributed by atoms with E-state index in [-0.39, 0.29) is 84.6 Å². The van der Waals surface area contributed by atoms with E-state index in [1.807, 2.05) is 32.0 Å². The largest absolute Gasteiger partial charge is 0.462 e. The van der Waals surface area contributed by atoms with Gasteiger partial charge in [0.15, 0.2) is 24.2 Å². The molecule has 14 nitrogen and oxygen atoms in total. The summed E-state index contributed by atoms with van der Waals surface area (Å²) in [7, 11) is 9.13. The number of hydrogen-bond acceptors (Lipinski definition) is 13. The molecule has 5 heterocycles. The molecule has 2 aromatic rings. The van der Waals surface area contributed by atoms with Crippen LogP contribution < -0.4 is 0 Å². The van der Waals surface area contributed by atoms with Crippen molar-refractivity contribution in [3.63, 3.8) is 0 Å². The van der Waals surface area contributed by atoms with Gasteiger partial charge in [-0.3, -0.25) is 14.6 Å². The van der Waals surface area contributed by atoms with Gasteiger partial charge in [0, 0.05) is 62.9 Å². The summed E-state index contributed by atoms with van der Waals surface area (Å²) in [5.41, 5.74) is 3.33. The maximum absolute atomic E-state index is 15.2. The van der Waals surface area contributed by atoms with Gasteiger partial charge in [0.25, 0.3) is 0 Å². The average molecular weight is 849 g/mol. The van der Waals surface area contributed by atoms with Gasteiger partial charge in [0.2, 0.25) is 0 Å². The van der Waals surface area contributed by atoms with Crippen molar-refractivity contribution in [1.29, 1.82) is 0 Å². The number of Topliss-reactive ketones (excluding diaryl/α,β-unsaturated/α-hetero) is 1. The first-order chi connectivity index (χ1) is 29.4. The smallest absolute Gasteiger partial charge is 0.306 e. The highest BCUT2D eigenvalue weighted by molar-refractivity contribution is 5.99. The van der Waals surface area contributed by atoms with Crippen molar-refractivity contribution >= 4 is 11.8 Å². The van der Waals surface area contributed by atoms with E-state index in [0.717, 1.165) is 42.8 Å². The Morgan fingerprint density at radius 3 is 2.36 bits per heavy atom. The van der Waals surface area contributed by atoms with Gasteiger partial charge in [-0.15, -0.1) is 0 Å². The van der Waals surface area contributed by atoms with Crippen LogP contribution >= 0.6 is 0 Å². The van der Waals surface area contributed by atoms with Crippen molar-refractivity contribution in [2.75, 3.05) is 35.4 Å². The molecule has 0 amide bonds. The number of ether oxygens (including phenoxy) is 8. The number of hydrogen-bond donors (Lipinski definition) is 1. The van der Waals surface area contributed by atoms with Gasteiger partial charge < -0.3 is 47.8 Å². The lowest BCUT2D eigenvalue weighted by Crippen LogP contribution is -2.59. The Balaban J connectivity index is 1.13. The molecule has 4 fully saturated rings. The van der Waals surface area contributed by atoms with E-state index in [4.69, 9.17) is 42.9 Å². The van der Waals surface area contributed by atoms with Crippen molar-refractivity contribution in [2.24, 2.45) is 23.7 Å². The van der Waals surface area contributed by atoms with Gasteiger partial charge in [-0.25, -0.2) is 4.98 Å². The van der Waals surface area contributed by atoms with Crippen LogP contribution in [0.4, 0.5) is 0 Å².